The molecule has 0 bridgehead atoms. The van der Waals surface area contributed by atoms with E-state index in [1.807, 2.05) is 41.2 Å². The molecule has 0 aliphatic carbocycles. The summed E-state index contributed by atoms with van der Waals surface area (Å²) in [6, 6.07) is 36.1. The first-order valence-corrected chi connectivity index (χ1v) is 15.2. The number of hydrogen-bond donors (Lipinski definition) is 0. The van der Waals surface area contributed by atoms with Gasteiger partial charge < -0.3 is 9.30 Å². The summed E-state index contributed by atoms with van der Waals surface area (Å²) in [5.41, 5.74) is 11.2. The van der Waals surface area contributed by atoms with E-state index in [-0.39, 0.29) is 21.1 Å². The average molecular weight is 770 g/mol. The van der Waals surface area contributed by atoms with Gasteiger partial charge in [0.15, 0.2) is 0 Å². The van der Waals surface area contributed by atoms with Crippen molar-refractivity contribution in [3.8, 4) is 34.1 Å². The van der Waals surface area contributed by atoms with Gasteiger partial charge in [0.1, 0.15) is 5.82 Å². The van der Waals surface area contributed by atoms with Crippen LogP contribution in [0.2, 0.25) is 0 Å². The Morgan fingerprint density at radius 1 is 0.778 bits per heavy atom. The van der Waals surface area contributed by atoms with E-state index in [4.69, 9.17) is 9.84 Å². The number of pyridine rings is 1. The van der Waals surface area contributed by atoms with Crippen molar-refractivity contribution >= 4 is 21.8 Å². The SMILES string of the molecule is CCCc1cccc(C)c1-c1c(C)nn(-c2[c-]c(Oc3[c-]c4c(cc3)c3ccccc3n4-c3cc(C)ccn3)ccc2)c1C.[Pt+2]. The number of fused-ring (bicyclic) bond motifs is 3. The van der Waals surface area contributed by atoms with Gasteiger partial charge in [-0.15, -0.1) is 35.7 Å². The number of hydrogen-bond acceptors (Lipinski definition) is 3. The zero-order chi connectivity index (χ0) is 30.4. The van der Waals surface area contributed by atoms with Gasteiger partial charge in [0.25, 0.3) is 0 Å². The third-order valence-electron chi connectivity index (χ3n) is 8.31. The minimum Gasteiger partial charge on any atom is -0.509 e. The maximum Gasteiger partial charge on any atom is 2.00 e. The predicted molar refractivity (Wildman–Crippen MR) is 178 cm³/mol. The molecule has 0 unspecified atom stereocenters. The summed E-state index contributed by atoms with van der Waals surface area (Å²) < 4.78 is 10.5. The molecule has 0 fully saturated rings. The predicted octanol–water partition coefficient (Wildman–Crippen LogP) is 9.61. The molecular formula is C39H34N4OPt. The van der Waals surface area contributed by atoms with E-state index in [9.17, 15) is 0 Å². The number of nitrogens with zero attached hydrogens (tertiary/aromatic N) is 4. The Morgan fingerprint density at radius 2 is 1.58 bits per heavy atom. The van der Waals surface area contributed by atoms with Crippen LogP contribution in [0.3, 0.4) is 0 Å². The van der Waals surface area contributed by atoms with Crippen LogP contribution in [-0.4, -0.2) is 19.3 Å². The van der Waals surface area contributed by atoms with E-state index in [2.05, 4.69) is 111 Å². The van der Waals surface area contributed by atoms with Gasteiger partial charge in [-0.25, -0.2) is 4.98 Å². The van der Waals surface area contributed by atoms with E-state index >= 15 is 0 Å². The number of para-hydroxylation sites is 1. The molecule has 0 atom stereocenters. The number of benzene rings is 4. The van der Waals surface area contributed by atoms with Gasteiger partial charge >= 0.3 is 21.1 Å². The van der Waals surface area contributed by atoms with Gasteiger partial charge in [0, 0.05) is 34.5 Å². The van der Waals surface area contributed by atoms with E-state index in [0.29, 0.717) is 11.5 Å². The second kappa shape index (κ2) is 12.5. The summed E-state index contributed by atoms with van der Waals surface area (Å²) in [6.07, 6.45) is 3.98. The Balaban J connectivity index is 0.00000357. The molecule has 0 amide bonds. The van der Waals surface area contributed by atoms with Crippen LogP contribution in [0.15, 0.2) is 91.1 Å². The molecule has 7 aromatic rings. The van der Waals surface area contributed by atoms with Crippen molar-refractivity contribution in [3.05, 3.63) is 131 Å². The molecule has 45 heavy (non-hydrogen) atoms. The summed E-state index contributed by atoms with van der Waals surface area (Å²) in [5.74, 6) is 2.07. The molecule has 3 aromatic heterocycles. The Bertz CT molecular complexity index is 2170. The monoisotopic (exact) mass is 769 g/mol. The molecule has 0 radical (unpaired) electrons. The molecular weight excluding hydrogens is 736 g/mol. The number of ether oxygens (including phenoxy) is 1. The molecule has 3 heterocycles. The Hall–Kier alpha value is -4.47. The summed E-state index contributed by atoms with van der Waals surface area (Å²) >= 11 is 0. The standard InChI is InChI=1S/C39H34N4O.Pt/c1-6-11-29-13-9-12-26(3)38(29)39-27(4)41-43(28(39)5)30-14-10-15-31(23-30)44-32-18-19-34-33-16-7-8-17-35(33)42(36(34)24-32)37-22-25(2)20-21-40-37;/h7-10,12-22H,6,11H2,1-5H3;/q-2;+2. The summed E-state index contributed by atoms with van der Waals surface area (Å²) in [4.78, 5) is 4.69. The Morgan fingerprint density at radius 3 is 2.40 bits per heavy atom. The maximum atomic E-state index is 6.40. The van der Waals surface area contributed by atoms with Gasteiger partial charge in [-0.2, -0.15) is 17.2 Å². The van der Waals surface area contributed by atoms with Crippen LogP contribution in [0.1, 0.15) is 41.4 Å². The number of aromatic nitrogens is 4. The molecule has 0 N–H and O–H groups in total. The maximum absolute atomic E-state index is 6.40. The fourth-order valence-electron chi connectivity index (χ4n) is 6.35. The van der Waals surface area contributed by atoms with Crippen molar-refractivity contribution in [2.75, 3.05) is 0 Å². The van der Waals surface area contributed by atoms with E-state index in [0.717, 1.165) is 63.1 Å². The third-order valence-corrected chi connectivity index (χ3v) is 8.31. The quantitative estimate of drug-likeness (QED) is 0.152. The molecule has 0 aliphatic rings. The van der Waals surface area contributed by atoms with E-state index in [1.165, 1.54) is 22.3 Å². The van der Waals surface area contributed by atoms with Crippen molar-refractivity contribution in [2.24, 2.45) is 0 Å². The molecule has 5 nitrogen and oxygen atoms in total. The first-order valence-electron chi connectivity index (χ1n) is 15.2. The first kappa shape index (κ1) is 30.6. The van der Waals surface area contributed by atoms with Crippen LogP contribution >= 0.6 is 0 Å². The molecule has 0 spiro atoms. The fourth-order valence-corrected chi connectivity index (χ4v) is 6.35. The average Bonchev–Trinajstić information content (AvgIpc) is 3.50. The minimum atomic E-state index is 0. The van der Waals surface area contributed by atoms with E-state index in [1.54, 1.807) is 0 Å². The van der Waals surface area contributed by atoms with Crippen LogP contribution in [0.5, 0.6) is 11.5 Å². The molecule has 0 saturated heterocycles. The topological polar surface area (TPSA) is 44.9 Å². The smallest absolute Gasteiger partial charge is 0.509 e. The number of rotatable bonds is 7. The Labute approximate surface area is 278 Å². The van der Waals surface area contributed by atoms with Crippen molar-refractivity contribution in [3.63, 3.8) is 0 Å². The molecule has 0 aliphatic heterocycles. The van der Waals surface area contributed by atoms with E-state index < -0.39 is 0 Å². The van der Waals surface area contributed by atoms with Crippen molar-refractivity contribution in [2.45, 2.75) is 47.5 Å². The van der Waals surface area contributed by atoms with Crippen molar-refractivity contribution < 1.29 is 25.8 Å². The van der Waals surface area contributed by atoms with Crippen LogP contribution in [-0.2, 0) is 27.5 Å². The van der Waals surface area contributed by atoms with Gasteiger partial charge in [-0.05, 0) is 85.6 Å². The zero-order valence-electron chi connectivity index (χ0n) is 26.1. The van der Waals surface area contributed by atoms with Gasteiger partial charge in [-0.1, -0.05) is 55.3 Å². The second-order valence-corrected chi connectivity index (χ2v) is 11.4. The summed E-state index contributed by atoms with van der Waals surface area (Å²) in [7, 11) is 0. The summed E-state index contributed by atoms with van der Waals surface area (Å²) in [6.45, 7) is 10.7. The third kappa shape index (κ3) is 5.51. The zero-order valence-corrected chi connectivity index (χ0v) is 28.4. The fraction of sp³-hybridized carbons (Fsp3) is 0.179. The largest absolute Gasteiger partial charge is 2.00 e. The number of aryl methyl sites for hydroxylation is 4. The van der Waals surface area contributed by atoms with Gasteiger partial charge in [-0.3, -0.25) is 4.68 Å². The van der Waals surface area contributed by atoms with Gasteiger partial charge in [0.2, 0.25) is 0 Å². The van der Waals surface area contributed by atoms with Crippen LogP contribution in [0, 0.1) is 39.8 Å². The minimum absolute atomic E-state index is 0. The first-order chi connectivity index (χ1) is 21.4. The van der Waals surface area contributed by atoms with Crippen molar-refractivity contribution in [1.29, 1.82) is 0 Å². The molecule has 0 saturated carbocycles. The van der Waals surface area contributed by atoms with Crippen LogP contribution < -0.4 is 4.74 Å². The summed E-state index contributed by atoms with van der Waals surface area (Å²) in [5, 5.41) is 7.23. The molecule has 7 rings (SSSR count). The van der Waals surface area contributed by atoms with Crippen LogP contribution in [0.25, 0.3) is 44.4 Å². The second-order valence-electron chi connectivity index (χ2n) is 11.4. The Kier molecular flexibility index (Phi) is 8.48. The van der Waals surface area contributed by atoms with Gasteiger partial charge in [0.05, 0.1) is 5.69 Å². The van der Waals surface area contributed by atoms with Crippen LogP contribution in [0.4, 0.5) is 0 Å². The molecule has 6 heteroatoms. The molecule has 226 valence electrons. The molecule has 4 aromatic carbocycles. The van der Waals surface area contributed by atoms with Crippen molar-refractivity contribution in [1.82, 2.24) is 19.3 Å². The normalized spacial score (nSPS) is 11.2.